The zero-order valence-corrected chi connectivity index (χ0v) is 18.0. The molecule has 1 N–H and O–H groups in total. The number of methoxy groups -OCH3 is 2. The second-order valence-electron chi connectivity index (χ2n) is 6.73. The van der Waals surface area contributed by atoms with E-state index in [1.165, 1.54) is 11.8 Å². The summed E-state index contributed by atoms with van der Waals surface area (Å²) < 4.78 is 10.5. The van der Waals surface area contributed by atoms with Gasteiger partial charge in [0.1, 0.15) is 11.1 Å². The van der Waals surface area contributed by atoms with Crippen molar-refractivity contribution in [2.24, 2.45) is 0 Å². The fraction of sp³-hybridized carbons (Fsp3) is 0.261. The fourth-order valence-electron chi connectivity index (χ4n) is 3.04. The predicted molar refractivity (Wildman–Crippen MR) is 118 cm³/mol. The van der Waals surface area contributed by atoms with Crippen LogP contribution in [0.3, 0.4) is 0 Å². The molecule has 0 bridgehead atoms. The molecule has 0 saturated carbocycles. The molecule has 0 aliphatic heterocycles. The first kappa shape index (κ1) is 21.5. The Morgan fingerprint density at radius 2 is 1.93 bits per heavy atom. The molecule has 0 aliphatic rings. The highest BCUT2D eigenvalue weighted by atomic mass is 32.2. The Bertz CT molecular complexity index is 1110. The van der Waals surface area contributed by atoms with E-state index in [1.807, 2.05) is 49.4 Å². The van der Waals surface area contributed by atoms with Gasteiger partial charge in [-0.25, -0.2) is 4.98 Å². The molecule has 0 radical (unpaired) electrons. The van der Waals surface area contributed by atoms with Gasteiger partial charge in [-0.1, -0.05) is 29.5 Å². The first-order valence-electron chi connectivity index (χ1n) is 9.46. The second kappa shape index (κ2) is 9.99. The van der Waals surface area contributed by atoms with E-state index in [4.69, 9.17) is 9.47 Å². The summed E-state index contributed by atoms with van der Waals surface area (Å²) in [5, 5.41) is 13.8. The maximum atomic E-state index is 12.3. The lowest BCUT2D eigenvalue weighted by Gasteiger charge is -2.10. The van der Waals surface area contributed by atoms with Gasteiger partial charge in [-0.15, -0.1) is 0 Å². The highest BCUT2D eigenvalue weighted by molar-refractivity contribution is 8.00. The molecular formula is C23H23N3O3S. The Hall–Kier alpha value is -3.24. The molecule has 7 heteroatoms. The molecule has 0 atom stereocenters. The van der Waals surface area contributed by atoms with Crippen LogP contribution in [0.25, 0.3) is 10.9 Å². The average molecular weight is 422 g/mol. The van der Waals surface area contributed by atoms with Crippen LogP contribution in [0.15, 0.2) is 47.5 Å². The molecule has 0 unspecified atom stereocenters. The molecule has 154 valence electrons. The zero-order chi connectivity index (χ0) is 21.5. The lowest BCUT2D eigenvalue weighted by Crippen LogP contribution is -2.27. The summed E-state index contributed by atoms with van der Waals surface area (Å²) in [6, 6.07) is 15.6. The normalized spacial score (nSPS) is 10.5. The number of thioether (sulfide) groups is 1. The number of nitrogens with zero attached hydrogens (tertiary/aromatic N) is 2. The van der Waals surface area contributed by atoms with Gasteiger partial charge in [0.2, 0.25) is 5.91 Å². The Balaban J connectivity index is 1.56. The number of fused-ring (bicyclic) bond motifs is 1. The average Bonchev–Trinajstić information content (AvgIpc) is 2.76. The minimum Gasteiger partial charge on any atom is -0.493 e. The van der Waals surface area contributed by atoms with Crippen molar-refractivity contribution in [3.63, 3.8) is 0 Å². The number of carbonyl (C=O) groups excluding carboxylic acids is 1. The second-order valence-corrected chi connectivity index (χ2v) is 7.69. The van der Waals surface area contributed by atoms with Gasteiger partial charge < -0.3 is 14.8 Å². The van der Waals surface area contributed by atoms with Gasteiger partial charge in [-0.3, -0.25) is 4.79 Å². The molecule has 1 amide bonds. The molecule has 3 rings (SSSR count). The Morgan fingerprint density at radius 1 is 1.13 bits per heavy atom. The van der Waals surface area contributed by atoms with Crippen molar-refractivity contribution in [2.75, 3.05) is 26.5 Å². The van der Waals surface area contributed by atoms with Gasteiger partial charge in [0.05, 0.1) is 31.1 Å². The molecule has 0 aliphatic carbocycles. The van der Waals surface area contributed by atoms with Crippen LogP contribution in [0.1, 0.15) is 16.7 Å². The molecule has 1 heterocycles. The summed E-state index contributed by atoms with van der Waals surface area (Å²) in [5.74, 6) is 1.44. The van der Waals surface area contributed by atoms with Crippen molar-refractivity contribution in [1.29, 1.82) is 5.26 Å². The van der Waals surface area contributed by atoms with Crippen LogP contribution in [0.4, 0.5) is 0 Å². The summed E-state index contributed by atoms with van der Waals surface area (Å²) >= 11 is 1.27. The van der Waals surface area contributed by atoms with Crippen molar-refractivity contribution < 1.29 is 14.3 Å². The maximum Gasteiger partial charge on any atom is 0.230 e. The lowest BCUT2D eigenvalue weighted by atomic mass is 10.1. The van der Waals surface area contributed by atoms with Crippen LogP contribution < -0.4 is 14.8 Å². The lowest BCUT2D eigenvalue weighted by molar-refractivity contribution is -0.118. The molecule has 0 saturated heterocycles. The number of aromatic nitrogens is 1. The topological polar surface area (TPSA) is 84.2 Å². The van der Waals surface area contributed by atoms with E-state index in [0.29, 0.717) is 35.1 Å². The number of hydrogen-bond donors (Lipinski definition) is 1. The van der Waals surface area contributed by atoms with E-state index in [0.717, 1.165) is 22.0 Å². The minimum absolute atomic E-state index is 0.102. The number of amides is 1. The standard InChI is InChI=1S/C23H23N3O3S/c1-15-4-6-19-17(10-15)12-18(13-24)23(26-19)30-14-22(27)25-9-8-16-5-7-20(28-2)21(11-16)29-3/h4-7,10-12H,8-9,14H2,1-3H3,(H,25,27). The van der Waals surface area contributed by atoms with Gasteiger partial charge in [0.25, 0.3) is 0 Å². The van der Waals surface area contributed by atoms with Crippen LogP contribution in [0, 0.1) is 18.3 Å². The SMILES string of the molecule is COc1ccc(CCNC(=O)CSc2nc3ccc(C)cc3cc2C#N)cc1OC. The fourth-order valence-corrected chi connectivity index (χ4v) is 3.83. The molecule has 3 aromatic rings. The third kappa shape index (κ3) is 5.22. The van der Waals surface area contributed by atoms with Crippen molar-refractivity contribution in [2.45, 2.75) is 18.4 Å². The van der Waals surface area contributed by atoms with Crippen molar-refractivity contribution in [1.82, 2.24) is 10.3 Å². The minimum atomic E-state index is -0.102. The van der Waals surface area contributed by atoms with E-state index < -0.39 is 0 Å². The van der Waals surface area contributed by atoms with Gasteiger partial charge in [0, 0.05) is 11.9 Å². The summed E-state index contributed by atoms with van der Waals surface area (Å²) in [6.45, 7) is 2.50. The van der Waals surface area contributed by atoms with Crippen molar-refractivity contribution in [3.05, 3.63) is 59.2 Å². The van der Waals surface area contributed by atoms with Crippen LogP contribution in [0.2, 0.25) is 0 Å². The third-order valence-electron chi connectivity index (χ3n) is 4.58. The first-order chi connectivity index (χ1) is 14.5. The summed E-state index contributed by atoms with van der Waals surface area (Å²) in [4.78, 5) is 16.8. The van der Waals surface area contributed by atoms with Crippen LogP contribution in [0.5, 0.6) is 11.5 Å². The van der Waals surface area contributed by atoms with E-state index in [2.05, 4.69) is 16.4 Å². The predicted octanol–water partition coefficient (Wildman–Crippen LogP) is 3.88. The summed E-state index contributed by atoms with van der Waals surface area (Å²) in [7, 11) is 3.19. The molecule has 30 heavy (non-hydrogen) atoms. The van der Waals surface area contributed by atoms with E-state index in [-0.39, 0.29) is 11.7 Å². The first-order valence-corrected chi connectivity index (χ1v) is 10.4. The number of ether oxygens (including phenoxy) is 2. The Kier molecular flexibility index (Phi) is 7.15. The molecular weight excluding hydrogens is 398 g/mol. The molecule has 0 fully saturated rings. The number of nitrogens with one attached hydrogen (secondary N) is 1. The number of benzene rings is 2. The van der Waals surface area contributed by atoms with Gasteiger partial charge in [-0.05, 0) is 49.2 Å². The van der Waals surface area contributed by atoms with Gasteiger partial charge in [-0.2, -0.15) is 5.26 Å². The van der Waals surface area contributed by atoms with Crippen molar-refractivity contribution >= 4 is 28.6 Å². The number of rotatable bonds is 8. The van der Waals surface area contributed by atoms with Crippen LogP contribution >= 0.6 is 11.8 Å². The zero-order valence-electron chi connectivity index (χ0n) is 17.2. The van der Waals surface area contributed by atoms with E-state index >= 15 is 0 Å². The molecule has 0 spiro atoms. The Morgan fingerprint density at radius 3 is 2.67 bits per heavy atom. The Labute approximate surface area is 180 Å². The van der Waals surface area contributed by atoms with Crippen molar-refractivity contribution in [3.8, 4) is 17.6 Å². The number of nitriles is 1. The smallest absolute Gasteiger partial charge is 0.230 e. The maximum absolute atomic E-state index is 12.3. The summed E-state index contributed by atoms with van der Waals surface area (Å²) in [5.41, 5.74) is 3.45. The summed E-state index contributed by atoms with van der Waals surface area (Å²) in [6.07, 6.45) is 0.674. The number of pyridine rings is 1. The molecule has 2 aromatic carbocycles. The van der Waals surface area contributed by atoms with Gasteiger partial charge in [0.15, 0.2) is 11.5 Å². The highest BCUT2D eigenvalue weighted by Crippen LogP contribution is 2.28. The highest BCUT2D eigenvalue weighted by Gasteiger charge is 2.11. The number of carbonyl (C=O) groups is 1. The third-order valence-corrected chi connectivity index (χ3v) is 5.57. The van der Waals surface area contributed by atoms with Crippen LogP contribution in [-0.4, -0.2) is 37.4 Å². The number of aryl methyl sites for hydroxylation is 1. The van der Waals surface area contributed by atoms with Crippen LogP contribution in [-0.2, 0) is 11.2 Å². The van der Waals surface area contributed by atoms with E-state index in [9.17, 15) is 10.1 Å². The largest absolute Gasteiger partial charge is 0.493 e. The van der Waals surface area contributed by atoms with E-state index in [1.54, 1.807) is 14.2 Å². The monoisotopic (exact) mass is 421 g/mol. The quantitative estimate of drug-likeness (QED) is 0.556. The molecule has 6 nitrogen and oxygen atoms in total. The molecule has 1 aromatic heterocycles. The number of hydrogen-bond acceptors (Lipinski definition) is 6. The van der Waals surface area contributed by atoms with Gasteiger partial charge >= 0.3 is 0 Å².